The average Bonchev–Trinajstić information content (AvgIpc) is 2.29. The summed E-state index contributed by atoms with van der Waals surface area (Å²) in [5, 5.41) is 9.73. The molecule has 0 aromatic rings. The predicted octanol–water partition coefficient (Wildman–Crippen LogP) is 2.14. The summed E-state index contributed by atoms with van der Waals surface area (Å²) in [6, 6.07) is 0. The minimum Gasteiger partial charge on any atom is -0.396 e. The second kappa shape index (κ2) is 7.34. The van der Waals surface area contributed by atoms with Crippen molar-refractivity contribution in [1.29, 1.82) is 0 Å². The van der Waals surface area contributed by atoms with E-state index in [2.05, 4.69) is 18.9 Å². The molecule has 0 radical (unpaired) electrons. The number of rotatable bonds is 7. The van der Waals surface area contributed by atoms with Crippen LogP contribution in [0.3, 0.4) is 0 Å². The molecular formula is C14H29NO2. The molecule has 1 rings (SSSR count). The van der Waals surface area contributed by atoms with E-state index in [0.717, 1.165) is 32.0 Å². The molecule has 0 aromatic carbocycles. The third-order valence-electron chi connectivity index (χ3n) is 4.01. The average molecular weight is 243 g/mol. The molecule has 3 nitrogen and oxygen atoms in total. The van der Waals surface area contributed by atoms with Gasteiger partial charge < -0.3 is 14.7 Å². The number of nitrogens with zero attached hydrogens (tertiary/aromatic N) is 1. The van der Waals surface area contributed by atoms with Gasteiger partial charge in [0, 0.05) is 38.8 Å². The molecule has 0 aliphatic heterocycles. The predicted molar refractivity (Wildman–Crippen MR) is 71.1 cm³/mol. The Labute approximate surface area is 106 Å². The van der Waals surface area contributed by atoms with Crippen molar-refractivity contribution in [2.45, 2.75) is 39.0 Å². The second-order valence-electron chi connectivity index (χ2n) is 5.94. The molecule has 1 N–H and O–H groups in total. The lowest BCUT2D eigenvalue weighted by atomic mass is 9.70. The molecule has 0 saturated heterocycles. The van der Waals surface area contributed by atoms with E-state index in [1.807, 2.05) is 0 Å². The molecule has 3 heteroatoms. The Morgan fingerprint density at radius 3 is 2.82 bits per heavy atom. The zero-order chi connectivity index (χ0) is 12.7. The van der Waals surface area contributed by atoms with Crippen LogP contribution in [0.1, 0.15) is 39.0 Å². The largest absolute Gasteiger partial charge is 0.396 e. The minimum atomic E-state index is 0.152. The summed E-state index contributed by atoms with van der Waals surface area (Å²) in [5.74, 6) is 0.767. The third-order valence-corrected chi connectivity index (χ3v) is 4.01. The van der Waals surface area contributed by atoms with E-state index >= 15 is 0 Å². The summed E-state index contributed by atoms with van der Waals surface area (Å²) in [5.41, 5.74) is 0.152. The van der Waals surface area contributed by atoms with Crippen molar-refractivity contribution >= 4 is 0 Å². The zero-order valence-corrected chi connectivity index (χ0v) is 11.7. The molecule has 1 aliphatic carbocycles. The van der Waals surface area contributed by atoms with Crippen LogP contribution in [0.5, 0.6) is 0 Å². The van der Waals surface area contributed by atoms with Gasteiger partial charge in [-0.05, 0) is 32.2 Å². The van der Waals surface area contributed by atoms with Crippen LogP contribution in [0.15, 0.2) is 0 Å². The highest BCUT2D eigenvalue weighted by atomic mass is 16.5. The number of ether oxygens (including phenoxy) is 1. The maximum absolute atomic E-state index is 9.73. The minimum absolute atomic E-state index is 0.152. The quantitative estimate of drug-likeness (QED) is 0.695. The van der Waals surface area contributed by atoms with Gasteiger partial charge in [-0.2, -0.15) is 0 Å². The Morgan fingerprint density at radius 2 is 2.24 bits per heavy atom. The molecule has 2 unspecified atom stereocenters. The summed E-state index contributed by atoms with van der Waals surface area (Å²) < 4.78 is 5.07. The Kier molecular flexibility index (Phi) is 6.45. The van der Waals surface area contributed by atoms with Crippen molar-refractivity contribution < 1.29 is 9.84 Å². The number of methoxy groups -OCH3 is 1. The normalized spacial score (nSPS) is 29.8. The van der Waals surface area contributed by atoms with Gasteiger partial charge in [0.15, 0.2) is 0 Å². The highest BCUT2D eigenvalue weighted by Crippen LogP contribution is 2.39. The SMILES string of the molecule is COCCCN(C)CC1(CO)CCCC(C)C1. The highest BCUT2D eigenvalue weighted by Gasteiger charge is 2.35. The van der Waals surface area contributed by atoms with Gasteiger partial charge in [-0.15, -0.1) is 0 Å². The van der Waals surface area contributed by atoms with Crippen LogP contribution in [0.4, 0.5) is 0 Å². The van der Waals surface area contributed by atoms with Gasteiger partial charge in [0.2, 0.25) is 0 Å². The van der Waals surface area contributed by atoms with Crippen LogP contribution < -0.4 is 0 Å². The number of aliphatic hydroxyl groups excluding tert-OH is 1. The van der Waals surface area contributed by atoms with E-state index in [0.29, 0.717) is 6.61 Å². The van der Waals surface area contributed by atoms with Crippen LogP contribution in [0, 0.1) is 11.3 Å². The molecule has 2 atom stereocenters. The third kappa shape index (κ3) is 4.94. The van der Waals surface area contributed by atoms with E-state index in [9.17, 15) is 5.11 Å². The second-order valence-corrected chi connectivity index (χ2v) is 5.94. The Bertz CT molecular complexity index is 210. The lowest BCUT2D eigenvalue weighted by Crippen LogP contribution is -2.42. The molecular weight excluding hydrogens is 214 g/mol. The first-order chi connectivity index (χ1) is 8.12. The van der Waals surface area contributed by atoms with Crippen LogP contribution in [-0.4, -0.2) is 50.5 Å². The van der Waals surface area contributed by atoms with Gasteiger partial charge in [-0.3, -0.25) is 0 Å². The number of aliphatic hydroxyl groups is 1. The van der Waals surface area contributed by atoms with Crippen LogP contribution in [0.25, 0.3) is 0 Å². The Balaban J connectivity index is 2.39. The monoisotopic (exact) mass is 243 g/mol. The van der Waals surface area contributed by atoms with Crippen molar-refractivity contribution in [1.82, 2.24) is 4.90 Å². The van der Waals surface area contributed by atoms with E-state index in [1.165, 1.54) is 25.7 Å². The molecule has 1 saturated carbocycles. The smallest absolute Gasteiger partial charge is 0.0499 e. The fourth-order valence-corrected chi connectivity index (χ4v) is 3.24. The van der Waals surface area contributed by atoms with E-state index in [4.69, 9.17) is 4.74 Å². The number of hydrogen-bond acceptors (Lipinski definition) is 3. The van der Waals surface area contributed by atoms with Crippen molar-refractivity contribution in [3.63, 3.8) is 0 Å². The van der Waals surface area contributed by atoms with E-state index in [1.54, 1.807) is 7.11 Å². The first-order valence-corrected chi connectivity index (χ1v) is 6.90. The van der Waals surface area contributed by atoms with Crippen molar-refractivity contribution in [3.05, 3.63) is 0 Å². The lowest BCUT2D eigenvalue weighted by molar-refractivity contribution is 0.0290. The fraction of sp³-hybridized carbons (Fsp3) is 1.00. The lowest BCUT2D eigenvalue weighted by Gasteiger charge is -2.41. The van der Waals surface area contributed by atoms with Gasteiger partial charge in [0.25, 0.3) is 0 Å². The summed E-state index contributed by atoms with van der Waals surface area (Å²) in [7, 11) is 3.91. The standard InChI is InChI=1S/C14H29NO2/c1-13-6-4-7-14(10-13,12-16)11-15(2)8-5-9-17-3/h13,16H,4-12H2,1-3H3. The van der Waals surface area contributed by atoms with Crippen molar-refractivity contribution in [2.75, 3.05) is 40.5 Å². The first kappa shape index (κ1) is 14.9. The van der Waals surface area contributed by atoms with Gasteiger partial charge in [0.1, 0.15) is 0 Å². The fourth-order valence-electron chi connectivity index (χ4n) is 3.24. The maximum Gasteiger partial charge on any atom is 0.0499 e. The van der Waals surface area contributed by atoms with Gasteiger partial charge in [-0.25, -0.2) is 0 Å². The van der Waals surface area contributed by atoms with Crippen LogP contribution in [-0.2, 0) is 4.74 Å². The number of hydrogen-bond donors (Lipinski definition) is 1. The molecule has 0 bridgehead atoms. The first-order valence-electron chi connectivity index (χ1n) is 6.90. The van der Waals surface area contributed by atoms with Crippen LogP contribution >= 0.6 is 0 Å². The molecule has 102 valence electrons. The molecule has 0 aromatic heterocycles. The van der Waals surface area contributed by atoms with Crippen molar-refractivity contribution in [3.8, 4) is 0 Å². The molecule has 0 spiro atoms. The van der Waals surface area contributed by atoms with Crippen LogP contribution in [0.2, 0.25) is 0 Å². The van der Waals surface area contributed by atoms with Gasteiger partial charge >= 0.3 is 0 Å². The topological polar surface area (TPSA) is 32.7 Å². The zero-order valence-electron chi connectivity index (χ0n) is 11.7. The highest BCUT2D eigenvalue weighted by molar-refractivity contribution is 4.87. The summed E-state index contributed by atoms with van der Waals surface area (Å²) >= 11 is 0. The van der Waals surface area contributed by atoms with E-state index in [-0.39, 0.29) is 5.41 Å². The molecule has 17 heavy (non-hydrogen) atoms. The van der Waals surface area contributed by atoms with Crippen molar-refractivity contribution in [2.24, 2.45) is 11.3 Å². The summed E-state index contributed by atoms with van der Waals surface area (Å²) in [4.78, 5) is 2.35. The van der Waals surface area contributed by atoms with Gasteiger partial charge in [0.05, 0.1) is 0 Å². The summed E-state index contributed by atoms with van der Waals surface area (Å²) in [6.45, 7) is 5.56. The Morgan fingerprint density at radius 1 is 1.47 bits per heavy atom. The molecule has 0 amide bonds. The Hall–Kier alpha value is -0.120. The van der Waals surface area contributed by atoms with Gasteiger partial charge in [-0.1, -0.05) is 19.8 Å². The summed E-state index contributed by atoms with van der Waals surface area (Å²) in [6.07, 6.45) is 6.04. The molecule has 1 aliphatic rings. The van der Waals surface area contributed by atoms with E-state index < -0.39 is 0 Å². The molecule has 0 heterocycles. The maximum atomic E-state index is 9.73. The molecule has 1 fully saturated rings.